The van der Waals surface area contributed by atoms with Gasteiger partial charge in [-0.25, -0.2) is 0 Å². The molecule has 1 saturated heterocycles. The second-order valence-electron chi connectivity index (χ2n) is 6.20. The first kappa shape index (κ1) is 17.4. The lowest BCUT2D eigenvalue weighted by Gasteiger charge is -2.24. The smallest absolute Gasteiger partial charge is 0.257 e. The third kappa shape index (κ3) is 4.17. The van der Waals surface area contributed by atoms with E-state index in [1.165, 1.54) is 0 Å². The lowest BCUT2D eigenvalue weighted by molar-refractivity contribution is 0.0658. The molecule has 1 aliphatic heterocycles. The third-order valence-corrected chi connectivity index (χ3v) is 4.38. The van der Waals surface area contributed by atoms with E-state index in [9.17, 15) is 4.79 Å². The minimum atomic E-state index is -0.0350. The summed E-state index contributed by atoms with van der Waals surface area (Å²) in [5, 5.41) is 4.25. The number of ether oxygens (including phenoxy) is 2. The molecule has 0 saturated carbocycles. The molecule has 1 amide bonds. The minimum Gasteiger partial charge on any atom is -0.490 e. The summed E-state index contributed by atoms with van der Waals surface area (Å²) >= 11 is 0. The number of methoxy groups -OCH3 is 1. The summed E-state index contributed by atoms with van der Waals surface area (Å²) in [5.41, 5.74) is 0.608. The van der Waals surface area contributed by atoms with Gasteiger partial charge in [-0.05, 0) is 25.0 Å². The molecule has 0 bridgehead atoms. The Hall–Kier alpha value is -2.41. The first-order valence-corrected chi connectivity index (χ1v) is 8.60. The van der Waals surface area contributed by atoms with Crippen molar-refractivity contribution in [1.29, 1.82) is 0 Å². The van der Waals surface area contributed by atoms with E-state index in [1.54, 1.807) is 30.4 Å². The van der Waals surface area contributed by atoms with Gasteiger partial charge in [-0.2, -0.15) is 5.10 Å². The Labute approximate surface area is 147 Å². The average molecular weight is 344 g/mol. The zero-order valence-electron chi connectivity index (χ0n) is 14.7. The van der Waals surface area contributed by atoms with E-state index in [2.05, 4.69) is 17.0 Å². The molecule has 0 radical (unpaired) electrons. The molecule has 1 aliphatic rings. The largest absolute Gasteiger partial charge is 0.490 e. The van der Waals surface area contributed by atoms with E-state index >= 15 is 0 Å². The summed E-state index contributed by atoms with van der Waals surface area (Å²) in [6.07, 6.45) is 8.58. The summed E-state index contributed by atoms with van der Waals surface area (Å²) < 4.78 is 13.1. The summed E-state index contributed by atoms with van der Waals surface area (Å²) in [5.74, 6) is 0.674. The number of rotatable bonds is 7. The van der Waals surface area contributed by atoms with Crippen LogP contribution < -0.4 is 4.74 Å². The molecule has 2 aromatic heterocycles. The van der Waals surface area contributed by atoms with Crippen LogP contribution in [0, 0.1) is 0 Å². The highest BCUT2D eigenvalue weighted by molar-refractivity contribution is 5.94. The van der Waals surface area contributed by atoms with Crippen molar-refractivity contribution in [1.82, 2.24) is 19.7 Å². The van der Waals surface area contributed by atoms with Crippen molar-refractivity contribution in [3.63, 3.8) is 0 Å². The fraction of sp³-hybridized carbons (Fsp3) is 0.500. The summed E-state index contributed by atoms with van der Waals surface area (Å²) in [6.45, 7) is 3.87. The summed E-state index contributed by atoms with van der Waals surface area (Å²) in [6, 6.07) is 3.65. The highest BCUT2D eigenvalue weighted by atomic mass is 16.5. The molecule has 134 valence electrons. The van der Waals surface area contributed by atoms with E-state index in [0.717, 1.165) is 19.4 Å². The Bertz CT molecular complexity index is 689. The van der Waals surface area contributed by atoms with Gasteiger partial charge in [0.2, 0.25) is 0 Å². The van der Waals surface area contributed by atoms with Crippen molar-refractivity contribution in [2.45, 2.75) is 38.5 Å². The van der Waals surface area contributed by atoms with Crippen LogP contribution >= 0.6 is 0 Å². The van der Waals surface area contributed by atoms with Gasteiger partial charge in [-0.3, -0.25) is 14.5 Å². The van der Waals surface area contributed by atoms with Crippen molar-refractivity contribution < 1.29 is 14.3 Å². The lowest BCUT2D eigenvalue weighted by atomic mass is 10.2. The monoisotopic (exact) mass is 344 g/mol. The molecule has 1 fully saturated rings. The standard InChI is InChI=1S/C18H24N4O3/c1-3-7-21-11-14(9-20-21)18(23)22-12-17(24-2)8-15(22)13-25-16-5-4-6-19-10-16/h4-6,9-11,15,17H,3,7-8,12-13H2,1-2H3/t15-,17+/m0/s1. The van der Waals surface area contributed by atoms with Crippen LogP contribution in [-0.4, -0.2) is 58.0 Å². The molecule has 25 heavy (non-hydrogen) atoms. The molecular weight excluding hydrogens is 320 g/mol. The van der Waals surface area contributed by atoms with Gasteiger partial charge in [-0.15, -0.1) is 0 Å². The Kier molecular flexibility index (Phi) is 5.65. The fourth-order valence-corrected chi connectivity index (χ4v) is 3.07. The molecule has 2 aromatic rings. The first-order valence-electron chi connectivity index (χ1n) is 8.60. The van der Waals surface area contributed by atoms with Crippen molar-refractivity contribution in [3.8, 4) is 5.75 Å². The van der Waals surface area contributed by atoms with Crippen LogP contribution in [0.25, 0.3) is 0 Å². The van der Waals surface area contributed by atoms with Crippen molar-refractivity contribution >= 4 is 5.91 Å². The van der Waals surface area contributed by atoms with Crippen molar-refractivity contribution in [2.24, 2.45) is 0 Å². The first-order chi connectivity index (χ1) is 12.2. The van der Waals surface area contributed by atoms with E-state index in [-0.39, 0.29) is 18.1 Å². The number of aromatic nitrogens is 3. The highest BCUT2D eigenvalue weighted by Crippen LogP contribution is 2.23. The van der Waals surface area contributed by atoms with Gasteiger partial charge in [0.25, 0.3) is 5.91 Å². The number of likely N-dealkylation sites (tertiary alicyclic amines) is 1. The van der Waals surface area contributed by atoms with Gasteiger partial charge in [0.05, 0.1) is 30.1 Å². The third-order valence-electron chi connectivity index (χ3n) is 4.38. The van der Waals surface area contributed by atoms with Gasteiger partial charge in [0.1, 0.15) is 12.4 Å². The number of aryl methyl sites for hydroxylation is 1. The van der Waals surface area contributed by atoms with E-state index < -0.39 is 0 Å². The Morgan fingerprint density at radius 3 is 3.00 bits per heavy atom. The van der Waals surface area contributed by atoms with Crippen LogP contribution in [0.2, 0.25) is 0 Å². The highest BCUT2D eigenvalue weighted by Gasteiger charge is 2.36. The molecule has 0 N–H and O–H groups in total. The van der Waals surface area contributed by atoms with Crippen LogP contribution in [0.1, 0.15) is 30.1 Å². The van der Waals surface area contributed by atoms with Gasteiger partial charge in [0.15, 0.2) is 0 Å². The molecule has 7 nitrogen and oxygen atoms in total. The second kappa shape index (κ2) is 8.11. The number of pyridine rings is 1. The molecule has 0 spiro atoms. The number of hydrogen-bond donors (Lipinski definition) is 0. The van der Waals surface area contributed by atoms with E-state index in [4.69, 9.17) is 9.47 Å². The lowest BCUT2D eigenvalue weighted by Crippen LogP contribution is -2.39. The minimum absolute atomic E-state index is 0.0251. The Balaban J connectivity index is 1.68. The second-order valence-corrected chi connectivity index (χ2v) is 6.20. The van der Waals surface area contributed by atoms with Gasteiger partial charge >= 0.3 is 0 Å². The van der Waals surface area contributed by atoms with Gasteiger partial charge in [0, 0.05) is 32.6 Å². The fourth-order valence-electron chi connectivity index (χ4n) is 3.07. The molecule has 7 heteroatoms. The molecule has 0 aliphatic carbocycles. The molecule has 2 atom stereocenters. The number of carbonyl (C=O) groups excluding carboxylic acids is 1. The van der Waals surface area contributed by atoms with Crippen molar-refractivity contribution in [2.75, 3.05) is 20.3 Å². The van der Waals surface area contributed by atoms with Crippen LogP contribution in [0.3, 0.4) is 0 Å². The zero-order valence-corrected chi connectivity index (χ0v) is 14.7. The zero-order chi connectivity index (χ0) is 17.6. The summed E-state index contributed by atoms with van der Waals surface area (Å²) in [7, 11) is 1.68. The van der Waals surface area contributed by atoms with Gasteiger partial charge < -0.3 is 14.4 Å². The van der Waals surface area contributed by atoms with Gasteiger partial charge in [-0.1, -0.05) is 6.92 Å². The number of amides is 1. The quantitative estimate of drug-likeness (QED) is 0.768. The Morgan fingerprint density at radius 2 is 2.28 bits per heavy atom. The normalized spacial score (nSPS) is 20.0. The van der Waals surface area contributed by atoms with Crippen LogP contribution in [-0.2, 0) is 11.3 Å². The maximum absolute atomic E-state index is 12.9. The van der Waals surface area contributed by atoms with Crippen LogP contribution in [0.4, 0.5) is 0 Å². The maximum atomic E-state index is 12.9. The molecule has 0 unspecified atom stereocenters. The molecular formula is C18H24N4O3. The SMILES string of the molecule is CCCn1cc(C(=O)N2C[C@H](OC)C[C@H]2COc2cccnc2)cn1. The predicted molar refractivity (Wildman–Crippen MR) is 92.5 cm³/mol. The van der Waals surface area contributed by atoms with Crippen molar-refractivity contribution in [3.05, 3.63) is 42.5 Å². The maximum Gasteiger partial charge on any atom is 0.257 e. The number of nitrogens with zero attached hydrogens (tertiary/aromatic N) is 4. The molecule has 3 heterocycles. The number of hydrogen-bond acceptors (Lipinski definition) is 5. The van der Waals surface area contributed by atoms with Crippen LogP contribution in [0.5, 0.6) is 5.75 Å². The number of carbonyl (C=O) groups is 1. The predicted octanol–water partition coefficient (Wildman–Crippen LogP) is 2.00. The van der Waals surface area contributed by atoms with E-state index in [1.807, 2.05) is 23.2 Å². The van der Waals surface area contributed by atoms with E-state index in [0.29, 0.717) is 24.5 Å². The topological polar surface area (TPSA) is 69.5 Å². The summed E-state index contributed by atoms with van der Waals surface area (Å²) in [4.78, 5) is 18.8. The Morgan fingerprint density at radius 1 is 1.40 bits per heavy atom. The van der Waals surface area contributed by atoms with Crippen LogP contribution in [0.15, 0.2) is 36.9 Å². The average Bonchev–Trinajstić information content (AvgIpc) is 3.27. The molecule has 3 rings (SSSR count). The molecule has 0 aromatic carbocycles.